The summed E-state index contributed by atoms with van der Waals surface area (Å²) in [7, 11) is 0. The lowest BCUT2D eigenvalue weighted by Crippen LogP contribution is -2.27. The van der Waals surface area contributed by atoms with Gasteiger partial charge >= 0.3 is 0 Å². The summed E-state index contributed by atoms with van der Waals surface area (Å²) in [4.78, 5) is 0. The Kier molecular flexibility index (Phi) is 8.11. The molecule has 0 N–H and O–H groups in total. The molecule has 0 heterocycles. The second-order valence-electron chi connectivity index (χ2n) is 9.07. The van der Waals surface area contributed by atoms with Gasteiger partial charge < -0.3 is 4.74 Å². The predicted molar refractivity (Wildman–Crippen MR) is 107 cm³/mol. The van der Waals surface area contributed by atoms with Crippen molar-refractivity contribution in [1.29, 1.82) is 0 Å². The minimum absolute atomic E-state index is 0.178. The van der Waals surface area contributed by atoms with E-state index in [0.717, 1.165) is 36.7 Å². The van der Waals surface area contributed by atoms with Crippen LogP contribution >= 0.6 is 0 Å². The Bertz CT molecular complexity index is 602. The van der Waals surface area contributed by atoms with E-state index in [2.05, 4.69) is 6.92 Å². The van der Waals surface area contributed by atoms with Gasteiger partial charge in [-0.3, -0.25) is 0 Å². The van der Waals surface area contributed by atoms with Gasteiger partial charge in [0.2, 0.25) is 0 Å². The zero-order valence-corrected chi connectivity index (χ0v) is 17.2. The second kappa shape index (κ2) is 10.5. The van der Waals surface area contributed by atoms with E-state index < -0.39 is 17.5 Å². The molecule has 0 unspecified atom stereocenters. The number of halogens is 3. The first-order valence-corrected chi connectivity index (χ1v) is 11.3. The van der Waals surface area contributed by atoms with Gasteiger partial charge in [0.05, 0.1) is 6.61 Å². The van der Waals surface area contributed by atoms with Crippen LogP contribution in [0, 0.1) is 41.1 Å². The maximum absolute atomic E-state index is 13.7. The molecule has 3 rings (SSSR count). The summed E-state index contributed by atoms with van der Waals surface area (Å²) < 4.78 is 45.4. The van der Waals surface area contributed by atoms with Gasteiger partial charge in [-0.1, -0.05) is 45.4 Å². The third-order valence-corrected chi connectivity index (χ3v) is 7.11. The van der Waals surface area contributed by atoms with Gasteiger partial charge in [0, 0.05) is 12.1 Å². The first kappa shape index (κ1) is 21.5. The van der Waals surface area contributed by atoms with Crippen molar-refractivity contribution in [2.45, 2.75) is 84.0 Å². The Morgan fingerprint density at radius 3 is 1.93 bits per heavy atom. The molecule has 0 atom stereocenters. The molecule has 2 aliphatic rings. The summed E-state index contributed by atoms with van der Waals surface area (Å²) in [6.45, 7) is 2.66. The van der Waals surface area contributed by atoms with Crippen LogP contribution in [0.1, 0.15) is 84.0 Å². The molecule has 0 saturated heterocycles. The van der Waals surface area contributed by atoms with Gasteiger partial charge in [-0.15, -0.1) is 0 Å². The predicted octanol–water partition coefficient (Wildman–Crippen LogP) is 7.68. The molecule has 2 fully saturated rings. The van der Waals surface area contributed by atoms with Crippen LogP contribution in [0.4, 0.5) is 13.2 Å². The van der Waals surface area contributed by atoms with Crippen LogP contribution in [0.2, 0.25) is 0 Å². The van der Waals surface area contributed by atoms with Gasteiger partial charge in [-0.2, -0.15) is 0 Å². The number of benzene rings is 1. The summed E-state index contributed by atoms with van der Waals surface area (Å²) in [6, 6.07) is 1.37. The van der Waals surface area contributed by atoms with Crippen LogP contribution in [0.3, 0.4) is 0 Å². The minimum Gasteiger partial charge on any atom is -0.490 e. The molecule has 158 valence electrons. The molecule has 2 aliphatic carbocycles. The number of hydrogen-bond acceptors (Lipinski definition) is 1. The average molecular weight is 397 g/mol. The third-order valence-electron chi connectivity index (χ3n) is 7.11. The maximum Gasteiger partial charge on any atom is 0.168 e. The lowest BCUT2D eigenvalue weighted by molar-refractivity contribution is 0.120. The average Bonchev–Trinajstić information content (AvgIpc) is 2.71. The highest BCUT2D eigenvalue weighted by molar-refractivity contribution is 5.26. The molecular formula is C24H35F3O. The maximum atomic E-state index is 13.7. The van der Waals surface area contributed by atoms with E-state index in [1.807, 2.05) is 0 Å². The Labute approximate surface area is 168 Å². The van der Waals surface area contributed by atoms with Crippen molar-refractivity contribution in [3.8, 4) is 5.75 Å². The standard InChI is InChI=1S/C24H35F3O/c1-2-3-4-5-17-6-10-19(11-7-17)20-12-8-18(9-13-20)16-28-24-15-22(26)21(25)14-23(24)27/h14-15,17-20H,2-13,16H2,1H3/t17-,18-,19-,20-. The molecule has 1 aromatic rings. The molecule has 0 amide bonds. The summed E-state index contributed by atoms with van der Waals surface area (Å²) in [5, 5.41) is 0. The van der Waals surface area contributed by atoms with Crippen LogP contribution in [0.5, 0.6) is 5.75 Å². The third kappa shape index (κ3) is 5.90. The van der Waals surface area contributed by atoms with E-state index in [1.54, 1.807) is 0 Å². The van der Waals surface area contributed by atoms with E-state index in [4.69, 9.17) is 4.74 Å². The molecule has 4 heteroatoms. The van der Waals surface area contributed by atoms with Crippen LogP contribution in [0.25, 0.3) is 0 Å². The highest BCUT2D eigenvalue weighted by Gasteiger charge is 2.31. The number of hydrogen-bond donors (Lipinski definition) is 0. The van der Waals surface area contributed by atoms with Crippen molar-refractivity contribution in [1.82, 2.24) is 0 Å². The summed E-state index contributed by atoms with van der Waals surface area (Å²) in [5.41, 5.74) is 0. The molecule has 1 aromatic carbocycles. The Hall–Kier alpha value is -1.19. The smallest absolute Gasteiger partial charge is 0.168 e. The van der Waals surface area contributed by atoms with E-state index in [0.29, 0.717) is 18.6 Å². The molecule has 0 bridgehead atoms. The van der Waals surface area contributed by atoms with Crippen molar-refractivity contribution in [2.75, 3.05) is 6.61 Å². The highest BCUT2D eigenvalue weighted by Crippen LogP contribution is 2.42. The Balaban J connectivity index is 1.37. The molecule has 0 radical (unpaired) electrons. The van der Waals surface area contributed by atoms with Crippen molar-refractivity contribution in [3.05, 3.63) is 29.6 Å². The summed E-state index contributed by atoms with van der Waals surface area (Å²) >= 11 is 0. The highest BCUT2D eigenvalue weighted by atomic mass is 19.2. The number of ether oxygens (including phenoxy) is 1. The topological polar surface area (TPSA) is 9.23 Å². The van der Waals surface area contributed by atoms with Crippen molar-refractivity contribution >= 4 is 0 Å². The Morgan fingerprint density at radius 2 is 1.32 bits per heavy atom. The molecule has 0 aliphatic heterocycles. The first-order valence-electron chi connectivity index (χ1n) is 11.3. The number of unbranched alkanes of at least 4 members (excludes halogenated alkanes) is 2. The lowest BCUT2D eigenvalue weighted by Gasteiger charge is -2.38. The van der Waals surface area contributed by atoms with Gasteiger partial charge in [0.25, 0.3) is 0 Å². The largest absolute Gasteiger partial charge is 0.490 e. The van der Waals surface area contributed by atoms with Crippen molar-refractivity contribution < 1.29 is 17.9 Å². The monoisotopic (exact) mass is 396 g/mol. The second-order valence-corrected chi connectivity index (χ2v) is 9.07. The molecule has 28 heavy (non-hydrogen) atoms. The normalized spacial score (nSPS) is 28.3. The molecule has 0 aromatic heterocycles. The zero-order valence-electron chi connectivity index (χ0n) is 17.2. The van der Waals surface area contributed by atoms with E-state index in [1.165, 1.54) is 64.2 Å². The summed E-state index contributed by atoms with van der Waals surface area (Å²) in [6.07, 6.45) is 15.7. The molecular weight excluding hydrogens is 361 g/mol. The van der Waals surface area contributed by atoms with E-state index >= 15 is 0 Å². The lowest BCUT2D eigenvalue weighted by atomic mass is 9.69. The van der Waals surface area contributed by atoms with Gasteiger partial charge in [-0.05, 0) is 62.2 Å². The fraction of sp³-hybridized carbons (Fsp3) is 0.750. The molecule has 1 nitrogen and oxygen atoms in total. The SMILES string of the molecule is CCCCC[C@H]1CC[C@H]([C@H]2CC[C@H](COc3cc(F)c(F)cc3F)CC2)CC1. The van der Waals surface area contributed by atoms with Gasteiger partial charge in [0.1, 0.15) is 0 Å². The van der Waals surface area contributed by atoms with Crippen molar-refractivity contribution in [2.24, 2.45) is 23.7 Å². The van der Waals surface area contributed by atoms with Crippen molar-refractivity contribution in [3.63, 3.8) is 0 Å². The van der Waals surface area contributed by atoms with E-state index in [9.17, 15) is 13.2 Å². The minimum atomic E-state index is -1.18. The number of rotatable bonds is 8. The molecule has 0 spiro atoms. The van der Waals surface area contributed by atoms with Crippen LogP contribution in [-0.2, 0) is 0 Å². The zero-order chi connectivity index (χ0) is 19.9. The first-order chi connectivity index (χ1) is 13.6. The van der Waals surface area contributed by atoms with Crippen LogP contribution in [0.15, 0.2) is 12.1 Å². The van der Waals surface area contributed by atoms with Crippen LogP contribution < -0.4 is 4.74 Å². The van der Waals surface area contributed by atoms with Crippen LogP contribution in [-0.4, -0.2) is 6.61 Å². The molecule has 2 saturated carbocycles. The quantitative estimate of drug-likeness (QED) is 0.323. The summed E-state index contributed by atoms with van der Waals surface area (Å²) in [5.74, 6) is -0.199. The Morgan fingerprint density at radius 1 is 0.750 bits per heavy atom. The van der Waals surface area contributed by atoms with E-state index in [-0.39, 0.29) is 5.75 Å². The fourth-order valence-electron chi connectivity index (χ4n) is 5.28. The van der Waals surface area contributed by atoms with Gasteiger partial charge in [0.15, 0.2) is 23.2 Å². The van der Waals surface area contributed by atoms with Gasteiger partial charge in [-0.25, -0.2) is 13.2 Å². The fourth-order valence-corrected chi connectivity index (χ4v) is 5.28.